The Morgan fingerprint density at radius 1 is 1.53 bits per heavy atom. The minimum atomic E-state index is -1.07. The van der Waals surface area contributed by atoms with Crippen LogP contribution in [-0.4, -0.2) is 35.5 Å². The van der Waals surface area contributed by atoms with Gasteiger partial charge in [-0.25, -0.2) is 9.48 Å². The summed E-state index contributed by atoms with van der Waals surface area (Å²) in [4.78, 5) is 10.7. The molecule has 0 aliphatic carbocycles. The van der Waals surface area contributed by atoms with Gasteiger partial charge < -0.3 is 9.84 Å². The van der Waals surface area contributed by atoms with Crippen LogP contribution in [0, 0.1) is 6.92 Å². The first kappa shape index (κ1) is 13.9. The number of nitrogens with zero attached hydrogens (tertiary/aromatic N) is 2. The molecule has 0 atom stereocenters. The van der Waals surface area contributed by atoms with Gasteiger partial charge in [0.2, 0.25) is 0 Å². The Bertz CT molecular complexity index is 396. The summed E-state index contributed by atoms with van der Waals surface area (Å²) in [6.45, 7) is 9.72. The number of rotatable bonds is 6. The third-order valence-corrected chi connectivity index (χ3v) is 4.11. The lowest BCUT2D eigenvalue weighted by atomic mass is 10.4. The monoisotopic (exact) mass is 256 g/mol. The summed E-state index contributed by atoms with van der Waals surface area (Å²) in [5, 5.41) is 12.7. The summed E-state index contributed by atoms with van der Waals surface area (Å²) >= 11 is 0. The largest absolute Gasteiger partial charge is 0.476 e. The summed E-state index contributed by atoms with van der Waals surface area (Å²) in [5.41, 5.74) is 0.867. The minimum Gasteiger partial charge on any atom is -0.476 e. The summed E-state index contributed by atoms with van der Waals surface area (Å²) in [7, 11) is -1.07. The molecular formula is C11H20N2O3Si. The summed E-state index contributed by atoms with van der Waals surface area (Å²) in [6.07, 6.45) is 0. The SMILES string of the molecule is Cc1cc(C(=O)O)nn1COCC[Si](C)(C)C. The van der Waals surface area contributed by atoms with Crippen molar-refractivity contribution in [2.45, 2.75) is 39.3 Å². The highest BCUT2D eigenvalue weighted by Crippen LogP contribution is 2.08. The number of aryl methyl sites for hydroxylation is 1. The number of carboxylic acid groups (broad SMARTS) is 1. The fraction of sp³-hybridized carbons (Fsp3) is 0.636. The molecular weight excluding hydrogens is 236 g/mol. The van der Waals surface area contributed by atoms with Gasteiger partial charge in [0.15, 0.2) is 5.69 Å². The Balaban J connectivity index is 2.44. The van der Waals surface area contributed by atoms with Crippen LogP contribution in [0.1, 0.15) is 16.2 Å². The van der Waals surface area contributed by atoms with Crippen molar-refractivity contribution in [2.75, 3.05) is 6.61 Å². The number of ether oxygens (including phenoxy) is 1. The first-order valence-electron chi connectivity index (χ1n) is 5.65. The van der Waals surface area contributed by atoms with Gasteiger partial charge in [-0.1, -0.05) is 19.6 Å². The zero-order valence-electron chi connectivity index (χ0n) is 10.9. The van der Waals surface area contributed by atoms with Crippen molar-refractivity contribution in [3.8, 4) is 0 Å². The van der Waals surface area contributed by atoms with E-state index in [9.17, 15) is 4.79 Å². The topological polar surface area (TPSA) is 64.3 Å². The lowest BCUT2D eigenvalue weighted by molar-refractivity contribution is 0.0669. The van der Waals surface area contributed by atoms with Gasteiger partial charge in [-0.3, -0.25) is 0 Å². The highest BCUT2D eigenvalue weighted by atomic mass is 28.3. The van der Waals surface area contributed by atoms with E-state index in [-0.39, 0.29) is 5.69 Å². The zero-order chi connectivity index (χ0) is 13.1. The molecule has 96 valence electrons. The molecule has 0 unspecified atom stereocenters. The number of aromatic carboxylic acids is 1. The van der Waals surface area contributed by atoms with Crippen molar-refractivity contribution in [3.63, 3.8) is 0 Å². The van der Waals surface area contributed by atoms with E-state index in [1.54, 1.807) is 10.7 Å². The van der Waals surface area contributed by atoms with Crippen molar-refractivity contribution in [3.05, 3.63) is 17.5 Å². The number of hydrogen-bond acceptors (Lipinski definition) is 3. The average molecular weight is 256 g/mol. The maximum absolute atomic E-state index is 10.7. The molecule has 1 N–H and O–H groups in total. The maximum Gasteiger partial charge on any atom is 0.356 e. The second-order valence-corrected chi connectivity index (χ2v) is 10.9. The normalized spacial score (nSPS) is 11.8. The van der Waals surface area contributed by atoms with Crippen LogP contribution in [0.25, 0.3) is 0 Å². The molecule has 0 saturated heterocycles. The molecule has 1 rings (SSSR count). The fourth-order valence-corrected chi connectivity index (χ4v) is 2.03. The Morgan fingerprint density at radius 3 is 2.65 bits per heavy atom. The molecule has 1 heterocycles. The van der Waals surface area contributed by atoms with Gasteiger partial charge >= 0.3 is 5.97 Å². The molecule has 0 saturated carbocycles. The smallest absolute Gasteiger partial charge is 0.356 e. The van der Waals surface area contributed by atoms with E-state index < -0.39 is 14.0 Å². The second kappa shape index (κ2) is 5.46. The molecule has 5 nitrogen and oxygen atoms in total. The van der Waals surface area contributed by atoms with Crippen LogP contribution in [-0.2, 0) is 11.5 Å². The van der Waals surface area contributed by atoms with Crippen LogP contribution in [0.5, 0.6) is 0 Å². The lowest BCUT2D eigenvalue weighted by Crippen LogP contribution is -2.22. The van der Waals surface area contributed by atoms with Crippen molar-refractivity contribution in [2.24, 2.45) is 0 Å². The molecule has 0 amide bonds. The van der Waals surface area contributed by atoms with Crippen LogP contribution in [0.2, 0.25) is 25.7 Å². The number of hydrogen-bond donors (Lipinski definition) is 1. The first-order valence-corrected chi connectivity index (χ1v) is 9.36. The molecule has 6 heteroatoms. The van der Waals surface area contributed by atoms with Gasteiger partial charge in [0.05, 0.1) is 0 Å². The van der Waals surface area contributed by atoms with E-state index >= 15 is 0 Å². The molecule has 0 aromatic carbocycles. The maximum atomic E-state index is 10.7. The van der Waals surface area contributed by atoms with Crippen LogP contribution in [0.4, 0.5) is 0 Å². The van der Waals surface area contributed by atoms with E-state index in [0.717, 1.165) is 11.7 Å². The van der Waals surface area contributed by atoms with E-state index in [2.05, 4.69) is 24.7 Å². The second-order valence-electron chi connectivity index (χ2n) is 5.32. The number of carboxylic acids is 1. The fourth-order valence-electron chi connectivity index (χ4n) is 1.27. The van der Waals surface area contributed by atoms with Crippen LogP contribution in [0.3, 0.4) is 0 Å². The van der Waals surface area contributed by atoms with Gasteiger partial charge in [-0.15, -0.1) is 0 Å². The molecule has 0 spiro atoms. The van der Waals surface area contributed by atoms with Gasteiger partial charge in [-0.2, -0.15) is 5.10 Å². The third kappa shape index (κ3) is 4.70. The Kier molecular flexibility index (Phi) is 4.47. The Hall–Kier alpha value is -1.14. The molecule has 0 bridgehead atoms. The standard InChI is InChI=1S/C11H20N2O3Si/c1-9-7-10(11(14)15)12-13(9)8-16-5-6-17(2,3)4/h7H,5-6,8H2,1-4H3,(H,14,15). The van der Waals surface area contributed by atoms with Crippen LogP contribution < -0.4 is 0 Å². The van der Waals surface area contributed by atoms with Crippen LogP contribution in [0.15, 0.2) is 6.07 Å². The number of aromatic nitrogens is 2. The van der Waals surface area contributed by atoms with Gasteiger partial charge in [0.25, 0.3) is 0 Å². The molecule has 1 aromatic rings. The van der Waals surface area contributed by atoms with Gasteiger partial charge in [0.1, 0.15) is 6.73 Å². The summed E-state index contributed by atoms with van der Waals surface area (Å²) in [5.74, 6) is -1.01. The van der Waals surface area contributed by atoms with E-state index in [1.165, 1.54) is 0 Å². The first-order chi connectivity index (χ1) is 7.79. The predicted octanol–water partition coefficient (Wildman–Crippen LogP) is 2.20. The van der Waals surface area contributed by atoms with Crippen molar-refractivity contribution in [1.29, 1.82) is 0 Å². The van der Waals surface area contributed by atoms with Gasteiger partial charge in [0, 0.05) is 20.4 Å². The molecule has 0 radical (unpaired) electrons. The van der Waals surface area contributed by atoms with E-state index in [1.807, 2.05) is 6.92 Å². The molecule has 17 heavy (non-hydrogen) atoms. The summed E-state index contributed by atoms with van der Waals surface area (Å²) < 4.78 is 7.09. The lowest BCUT2D eigenvalue weighted by Gasteiger charge is -2.15. The Morgan fingerprint density at radius 2 is 2.18 bits per heavy atom. The third-order valence-electron chi connectivity index (χ3n) is 2.41. The van der Waals surface area contributed by atoms with Crippen molar-refractivity contribution >= 4 is 14.0 Å². The van der Waals surface area contributed by atoms with Crippen molar-refractivity contribution in [1.82, 2.24) is 9.78 Å². The van der Waals surface area contributed by atoms with Crippen LogP contribution >= 0.6 is 0 Å². The van der Waals surface area contributed by atoms with Gasteiger partial charge in [-0.05, 0) is 19.0 Å². The molecule has 0 fully saturated rings. The number of carbonyl (C=O) groups is 1. The van der Waals surface area contributed by atoms with E-state index in [0.29, 0.717) is 13.3 Å². The summed E-state index contributed by atoms with van der Waals surface area (Å²) in [6, 6.07) is 2.64. The zero-order valence-corrected chi connectivity index (χ0v) is 11.9. The molecule has 1 aromatic heterocycles. The van der Waals surface area contributed by atoms with E-state index in [4.69, 9.17) is 9.84 Å². The quantitative estimate of drug-likeness (QED) is 0.626. The Labute approximate surface area is 102 Å². The minimum absolute atomic E-state index is 0.0660. The molecule has 0 aliphatic rings. The highest BCUT2D eigenvalue weighted by molar-refractivity contribution is 6.76. The highest BCUT2D eigenvalue weighted by Gasteiger charge is 2.13. The van der Waals surface area contributed by atoms with Crippen molar-refractivity contribution < 1.29 is 14.6 Å². The average Bonchev–Trinajstić information content (AvgIpc) is 2.54. The molecule has 0 aliphatic heterocycles. The predicted molar refractivity (Wildman–Crippen MR) is 68.0 cm³/mol.